The van der Waals surface area contributed by atoms with Gasteiger partial charge in [-0.15, -0.1) is 0 Å². The van der Waals surface area contributed by atoms with E-state index in [1.165, 1.54) is 11.3 Å². The molecular formula is C25H24ClN3O2. The van der Waals surface area contributed by atoms with Gasteiger partial charge in [0.2, 0.25) is 5.91 Å². The molecule has 0 bridgehead atoms. The Labute approximate surface area is 187 Å². The molecule has 0 aromatic heterocycles. The zero-order valence-corrected chi connectivity index (χ0v) is 17.9. The summed E-state index contributed by atoms with van der Waals surface area (Å²) in [4.78, 5) is 28.2. The van der Waals surface area contributed by atoms with Crippen LogP contribution >= 0.6 is 11.6 Å². The van der Waals surface area contributed by atoms with Gasteiger partial charge >= 0.3 is 0 Å². The molecule has 2 aromatic rings. The predicted octanol–water partition coefficient (Wildman–Crippen LogP) is 4.65. The summed E-state index contributed by atoms with van der Waals surface area (Å²) < 4.78 is 0. The van der Waals surface area contributed by atoms with E-state index in [4.69, 9.17) is 11.6 Å². The Bertz CT molecular complexity index is 1050. The first-order valence-electron chi connectivity index (χ1n) is 10.6. The third kappa shape index (κ3) is 4.50. The van der Waals surface area contributed by atoms with E-state index in [0.29, 0.717) is 16.2 Å². The molecule has 1 saturated carbocycles. The lowest BCUT2D eigenvalue weighted by atomic mass is 9.94. The third-order valence-corrected chi connectivity index (χ3v) is 6.25. The zero-order chi connectivity index (χ0) is 21.8. The number of amides is 2. The molecule has 2 aromatic carbocycles. The van der Waals surface area contributed by atoms with Crippen molar-refractivity contribution >= 4 is 29.0 Å². The van der Waals surface area contributed by atoms with E-state index in [2.05, 4.69) is 11.4 Å². The molecule has 0 radical (unpaired) electrons. The first-order valence-corrected chi connectivity index (χ1v) is 11.0. The van der Waals surface area contributed by atoms with Gasteiger partial charge in [-0.2, -0.15) is 5.26 Å². The molecule has 158 valence electrons. The van der Waals surface area contributed by atoms with Crippen molar-refractivity contribution in [3.63, 3.8) is 0 Å². The van der Waals surface area contributed by atoms with Crippen LogP contribution in [0.5, 0.6) is 0 Å². The number of benzene rings is 2. The van der Waals surface area contributed by atoms with Crippen molar-refractivity contribution in [3.05, 3.63) is 76.3 Å². The summed E-state index contributed by atoms with van der Waals surface area (Å²) in [6.07, 6.45) is 5.25. The quantitative estimate of drug-likeness (QED) is 0.745. The van der Waals surface area contributed by atoms with Crippen molar-refractivity contribution in [3.8, 4) is 6.07 Å². The van der Waals surface area contributed by atoms with Gasteiger partial charge in [0, 0.05) is 23.2 Å². The van der Waals surface area contributed by atoms with Gasteiger partial charge in [0.05, 0.1) is 0 Å². The molecule has 4 rings (SSSR count). The van der Waals surface area contributed by atoms with Crippen LogP contribution in [0.2, 0.25) is 5.02 Å². The number of halogens is 1. The molecule has 1 aliphatic heterocycles. The fraction of sp³-hybridized carbons (Fsp3) is 0.320. The van der Waals surface area contributed by atoms with Crippen molar-refractivity contribution in [2.24, 2.45) is 0 Å². The van der Waals surface area contributed by atoms with E-state index >= 15 is 0 Å². The van der Waals surface area contributed by atoms with Gasteiger partial charge in [-0.25, -0.2) is 0 Å². The van der Waals surface area contributed by atoms with E-state index < -0.39 is 11.9 Å². The van der Waals surface area contributed by atoms with E-state index in [1.54, 1.807) is 24.3 Å². The molecule has 1 heterocycles. The largest absolute Gasteiger partial charge is 0.351 e. The van der Waals surface area contributed by atoms with E-state index in [1.807, 2.05) is 30.3 Å². The highest BCUT2D eigenvalue weighted by Gasteiger charge is 2.40. The SMILES string of the molecule is N#CC1=C(c2ccccc2)CN(C(C(=O)NC2CCCCC2)c2cccc(Cl)c2)C1=O. The summed E-state index contributed by atoms with van der Waals surface area (Å²) in [6.45, 7) is 0.195. The van der Waals surface area contributed by atoms with Gasteiger partial charge in [-0.3, -0.25) is 9.59 Å². The van der Waals surface area contributed by atoms with Crippen molar-refractivity contribution in [1.82, 2.24) is 10.2 Å². The highest BCUT2D eigenvalue weighted by Crippen LogP contribution is 2.35. The van der Waals surface area contributed by atoms with Crippen LogP contribution in [0.4, 0.5) is 0 Å². The maximum Gasteiger partial charge on any atom is 0.266 e. The Morgan fingerprint density at radius 3 is 2.52 bits per heavy atom. The Kier molecular flexibility index (Phi) is 6.39. The maximum absolute atomic E-state index is 13.4. The lowest BCUT2D eigenvalue weighted by Crippen LogP contribution is -2.46. The number of nitrogens with zero attached hydrogens (tertiary/aromatic N) is 2. The fourth-order valence-corrected chi connectivity index (χ4v) is 4.67. The molecule has 0 saturated heterocycles. The second-order valence-electron chi connectivity index (χ2n) is 8.07. The molecule has 5 nitrogen and oxygen atoms in total. The van der Waals surface area contributed by atoms with Crippen LogP contribution in [0.25, 0.3) is 5.57 Å². The number of hydrogen-bond donors (Lipinski definition) is 1. The Hall–Kier alpha value is -3.10. The molecule has 1 unspecified atom stereocenters. The van der Waals surface area contributed by atoms with Gasteiger partial charge in [0.15, 0.2) is 0 Å². The summed E-state index contributed by atoms with van der Waals surface area (Å²) in [7, 11) is 0. The minimum absolute atomic E-state index is 0.0868. The smallest absolute Gasteiger partial charge is 0.266 e. The molecule has 31 heavy (non-hydrogen) atoms. The van der Waals surface area contributed by atoms with Crippen molar-refractivity contribution in [1.29, 1.82) is 5.26 Å². The van der Waals surface area contributed by atoms with Gasteiger partial charge in [-0.1, -0.05) is 73.3 Å². The monoisotopic (exact) mass is 433 g/mol. The average molecular weight is 434 g/mol. The van der Waals surface area contributed by atoms with Crippen LogP contribution in [0.15, 0.2) is 60.2 Å². The minimum Gasteiger partial charge on any atom is -0.351 e. The van der Waals surface area contributed by atoms with Crippen LogP contribution in [-0.2, 0) is 9.59 Å². The normalized spacial score (nSPS) is 18.1. The summed E-state index contributed by atoms with van der Waals surface area (Å²) in [5, 5.41) is 13.3. The molecule has 1 N–H and O–H groups in total. The van der Waals surface area contributed by atoms with Crippen LogP contribution in [0.3, 0.4) is 0 Å². The van der Waals surface area contributed by atoms with Crippen molar-refractivity contribution in [2.75, 3.05) is 6.54 Å². The fourth-order valence-electron chi connectivity index (χ4n) is 4.47. The predicted molar refractivity (Wildman–Crippen MR) is 120 cm³/mol. The number of nitrogens with one attached hydrogen (secondary N) is 1. The number of nitriles is 1. The van der Waals surface area contributed by atoms with Gasteiger partial charge in [-0.05, 0) is 36.1 Å². The Balaban J connectivity index is 1.68. The number of rotatable bonds is 5. The molecule has 1 aliphatic carbocycles. The molecule has 1 fully saturated rings. The first-order chi connectivity index (χ1) is 15.1. The molecule has 2 amide bonds. The molecule has 6 heteroatoms. The second-order valence-corrected chi connectivity index (χ2v) is 8.50. The summed E-state index contributed by atoms with van der Waals surface area (Å²) in [5.41, 5.74) is 2.18. The minimum atomic E-state index is -0.849. The number of carbonyl (C=O) groups is 2. The van der Waals surface area contributed by atoms with Crippen molar-refractivity contribution < 1.29 is 9.59 Å². The summed E-state index contributed by atoms with van der Waals surface area (Å²) in [6, 6.07) is 17.7. The van der Waals surface area contributed by atoms with E-state index in [0.717, 1.165) is 31.2 Å². The third-order valence-electron chi connectivity index (χ3n) is 6.02. The Morgan fingerprint density at radius 1 is 1.10 bits per heavy atom. The average Bonchev–Trinajstić information content (AvgIpc) is 3.11. The van der Waals surface area contributed by atoms with Crippen LogP contribution in [-0.4, -0.2) is 29.3 Å². The van der Waals surface area contributed by atoms with Gasteiger partial charge in [0.25, 0.3) is 5.91 Å². The Morgan fingerprint density at radius 2 is 1.84 bits per heavy atom. The lowest BCUT2D eigenvalue weighted by molar-refractivity contribution is -0.136. The standard InChI is InChI=1S/C25H24ClN3O2/c26-19-11-7-10-18(14-19)23(24(30)28-20-12-5-2-6-13-20)29-16-22(21(15-27)25(29)31)17-8-3-1-4-9-17/h1,3-4,7-11,14,20,23H,2,5-6,12-13,16H2,(H,28,30). The topological polar surface area (TPSA) is 73.2 Å². The zero-order valence-electron chi connectivity index (χ0n) is 17.2. The van der Waals surface area contributed by atoms with E-state index in [9.17, 15) is 14.9 Å². The number of carbonyl (C=O) groups excluding carboxylic acids is 2. The summed E-state index contributed by atoms with van der Waals surface area (Å²) >= 11 is 6.21. The number of hydrogen-bond acceptors (Lipinski definition) is 3. The van der Waals surface area contributed by atoms with Crippen molar-refractivity contribution in [2.45, 2.75) is 44.2 Å². The maximum atomic E-state index is 13.4. The summed E-state index contributed by atoms with van der Waals surface area (Å²) in [5.74, 6) is -0.653. The van der Waals surface area contributed by atoms with Gasteiger partial charge in [0.1, 0.15) is 17.7 Å². The molecule has 0 spiro atoms. The van der Waals surface area contributed by atoms with Crippen LogP contribution in [0, 0.1) is 11.3 Å². The highest BCUT2D eigenvalue weighted by molar-refractivity contribution is 6.30. The lowest BCUT2D eigenvalue weighted by Gasteiger charge is -2.31. The highest BCUT2D eigenvalue weighted by atomic mass is 35.5. The molecule has 2 aliphatic rings. The molecule has 1 atom stereocenters. The van der Waals surface area contributed by atoms with Gasteiger partial charge < -0.3 is 10.2 Å². The van der Waals surface area contributed by atoms with Crippen LogP contribution in [0.1, 0.15) is 49.3 Å². The molecular weight excluding hydrogens is 410 g/mol. The van der Waals surface area contributed by atoms with E-state index in [-0.39, 0.29) is 24.1 Å². The first kappa shape index (κ1) is 21.1. The second kappa shape index (κ2) is 9.36. The van der Waals surface area contributed by atoms with Crippen LogP contribution < -0.4 is 5.32 Å².